The predicted molar refractivity (Wildman–Crippen MR) is 74.6 cm³/mol. The minimum Gasteiger partial charge on any atom is -0.305 e. The van der Waals surface area contributed by atoms with Crippen LogP contribution in [-0.4, -0.2) is 9.78 Å². The van der Waals surface area contributed by atoms with Crippen LogP contribution in [0.5, 0.6) is 0 Å². The monoisotopic (exact) mass is 281 g/mol. The Morgan fingerprint density at radius 2 is 2.00 bits per heavy atom. The number of halogens is 2. The van der Waals surface area contributed by atoms with Gasteiger partial charge in [0.25, 0.3) is 0 Å². The van der Waals surface area contributed by atoms with E-state index >= 15 is 0 Å². The zero-order valence-electron chi connectivity index (χ0n) is 11.2. The maximum Gasteiger partial charge on any atom is 0.123 e. The van der Waals surface area contributed by atoms with E-state index in [1.165, 1.54) is 12.1 Å². The molecule has 1 aromatic heterocycles. The van der Waals surface area contributed by atoms with Crippen LogP contribution in [0.4, 0.5) is 4.39 Å². The van der Waals surface area contributed by atoms with Crippen LogP contribution in [0.15, 0.2) is 24.3 Å². The second kappa shape index (κ2) is 5.72. The number of hydrogen-bond acceptors (Lipinski definition) is 2. The van der Waals surface area contributed by atoms with Crippen molar-refractivity contribution in [1.82, 2.24) is 15.1 Å². The summed E-state index contributed by atoms with van der Waals surface area (Å²) in [4.78, 5) is 0. The van der Waals surface area contributed by atoms with E-state index in [9.17, 15) is 4.39 Å². The number of nitrogens with one attached hydrogen (secondary N) is 1. The molecule has 0 radical (unpaired) electrons. The van der Waals surface area contributed by atoms with E-state index < -0.39 is 0 Å². The Morgan fingerprint density at radius 1 is 1.37 bits per heavy atom. The molecule has 0 aliphatic carbocycles. The molecule has 0 amide bonds. The third kappa shape index (κ3) is 3.14. The molecule has 0 saturated heterocycles. The summed E-state index contributed by atoms with van der Waals surface area (Å²) in [5.41, 5.74) is 2.82. The summed E-state index contributed by atoms with van der Waals surface area (Å²) in [6, 6.07) is 6.61. The van der Waals surface area contributed by atoms with Crippen LogP contribution >= 0.6 is 11.6 Å². The molecule has 1 heterocycles. The molecule has 0 aliphatic heterocycles. The van der Waals surface area contributed by atoms with E-state index in [0.717, 1.165) is 17.0 Å². The van der Waals surface area contributed by atoms with Gasteiger partial charge in [0.05, 0.1) is 16.4 Å². The van der Waals surface area contributed by atoms with Crippen LogP contribution in [-0.2, 0) is 13.6 Å². The van der Waals surface area contributed by atoms with Gasteiger partial charge in [-0.2, -0.15) is 5.10 Å². The second-order valence-electron chi connectivity index (χ2n) is 4.62. The Hall–Kier alpha value is -1.39. The van der Waals surface area contributed by atoms with Crippen LogP contribution in [0.3, 0.4) is 0 Å². The van der Waals surface area contributed by atoms with Crippen molar-refractivity contribution in [2.45, 2.75) is 26.4 Å². The normalized spacial score (nSPS) is 12.7. The van der Waals surface area contributed by atoms with Crippen LogP contribution < -0.4 is 5.32 Å². The molecule has 2 rings (SSSR count). The smallest absolute Gasteiger partial charge is 0.123 e. The lowest BCUT2D eigenvalue weighted by Gasteiger charge is -2.14. The molecule has 19 heavy (non-hydrogen) atoms. The highest BCUT2D eigenvalue weighted by atomic mass is 35.5. The van der Waals surface area contributed by atoms with E-state index in [1.54, 1.807) is 16.8 Å². The summed E-state index contributed by atoms with van der Waals surface area (Å²) in [6.45, 7) is 4.54. The van der Waals surface area contributed by atoms with Crippen LogP contribution in [0.1, 0.15) is 29.9 Å². The Labute approximate surface area is 117 Å². The fraction of sp³-hybridized carbons (Fsp3) is 0.357. The topological polar surface area (TPSA) is 29.9 Å². The summed E-state index contributed by atoms with van der Waals surface area (Å²) in [5.74, 6) is -0.221. The third-order valence-corrected chi connectivity index (χ3v) is 3.70. The van der Waals surface area contributed by atoms with Crippen LogP contribution in [0.25, 0.3) is 0 Å². The molecule has 0 bridgehead atoms. The van der Waals surface area contributed by atoms with Gasteiger partial charge in [-0.1, -0.05) is 23.7 Å². The highest BCUT2D eigenvalue weighted by Gasteiger charge is 2.12. The van der Waals surface area contributed by atoms with Gasteiger partial charge in [-0.15, -0.1) is 0 Å². The minimum absolute atomic E-state index is 0.117. The Morgan fingerprint density at radius 3 is 2.53 bits per heavy atom. The molecular formula is C14H17ClFN3. The highest BCUT2D eigenvalue weighted by molar-refractivity contribution is 6.31. The lowest BCUT2D eigenvalue weighted by Crippen LogP contribution is -2.20. The van der Waals surface area contributed by atoms with Gasteiger partial charge in [-0.25, -0.2) is 4.39 Å². The number of aromatic nitrogens is 2. The van der Waals surface area contributed by atoms with Crippen molar-refractivity contribution in [2.24, 2.45) is 7.05 Å². The standard InChI is InChI=1S/C14H17ClFN3/c1-9(11-4-6-12(16)7-5-11)17-8-13-14(15)10(2)18-19(13)3/h4-7,9,17H,8H2,1-3H3. The molecule has 0 spiro atoms. The summed E-state index contributed by atoms with van der Waals surface area (Å²) in [6.07, 6.45) is 0. The van der Waals surface area contributed by atoms with Gasteiger partial charge in [0, 0.05) is 19.6 Å². The van der Waals surface area contributed by atoms with Gasteiger partial charge in [0.1, 0.15) is 5.82 Å². The van der Waals surface area contributed by atoms with Crippen molar-refractivity contribution < 1.29 is 4.39 Å². The summed E-state index contributed by atoms with van der Waals surface area (Å²) in [7, 11) is 1.87. The number of benzene rings is 1. The van der Waals surface area contributed by atoms with Gasteiger partial charge in [-0.05, 0) is 31.5 Å². The first-order chi connectivity index (χ1) is 8.99. The first-order valence-electron chi connectivity index (χ1n) is 6.16. The average Bonchev–Trinajstić information content (AvgIpc) is 2.62. The number of rotatable bonds is 4. The van der Waals surface area contributed by atoms with E-state index in [-0.39, 0.29) is 11.9 Å². The quantitative estimate of drug-likeness (QED) is 0.931. The zero-order valence-corrected chi connectivity index (χ0v) is 12.0. The number of nitrogens with zero attached hydrogens (tertiary/aromatic N) is 2. The van der Waals surface area contributed by atoms with E-state index in [0.29, 0.717) is 11.6 Å². The van der Waals surface area contributed by atoms with Gasteiger partial charge in [-0.3, -0.25) is 4.68 Å². The molecule has 1 unspecified atom stereocenters. The summed E-state index contributed by atoms with van der Waals surface area (Å²) in [5, 5.41) is 8.33. The number of hydrogen-bond donors (Lipinski definition) is 1. The molecule has 5 heteroatoms. The molecule has 0 saturated carbocycles. The lowest BCUT2D eigenvalue weighted by atomic mass is 10.1. The maximum atomic E-state index is 12.9. The van der Waals surface area contributed by atoms with E-state index in [4.69, 9.17) is 11.6 Å². The van der Waals surface area contributed by atoms with Crippen molar-refractivity contribution in [3.05, 3.63) is 52.1 Å². The molecule has 1 N–H and O–H groups in total. The fourth-order valence-corrected chi connectivity index (χ4v) is 2.22. The van der Waals surface area contributed by atoms with Gasteiger partial charge < -0.3 is 5.32 Å². The largest absolute Gasteiger partial charge is 0.305 e. The molecule has 102 valence electrons. The third-order valence-electron chi connectivity index (χ3n) is 3.21. The molecule has 2 aromatic rings. The Kier molecular flexibility index (Phi) is 4.22. The van der Waals surface area contributed by atoms with Crippen molar-refractivity contribution in [2.75, 3.05) is 0 Å². The first-order valence-corrected chi connectivity index (χ1v) is 6.53. The van der Waals surface area contributed by atoms with E-state index in [2.05, 4.69) is 10.4 Å². The average molecular weight is 282 g/mol. The first kappa shape index (κ1) is 14.0. The Bertz CT molecular complexity index is 563. The van der Waals surface area contributed by atoms with Crippen molar-refractivity contribution in [3.63, 3.8) is 0 Å². The van der Waals surface area contributed by atoms with Crippen LogP contribution in [0.2, 0.25) is 5.02 Å². The molecule has 1 atom stereocenters. The van der Waals surface area contributed by atoms with Crippen molar-refractivity contribution >= 4 is 11.6 Å². The molecule has 0 fully saturated rings. The van der Waals surface area contributed by atoms with Gasteiger partial charge >= 0.3 is 0 Å². The molecular weight excluding hydrogens is 265 g/mol. The van der Waals surface area contributed by atoms with E-state index in [1.807, 2.05) is 20.9 Å². The zero-order chi connectivity index (χ0) is 14.0. The van der Waals surface area contributed by atoms with Gasteiger partial charge in [0.2, 0.25) is 0 Å². The maximum absolute atomic E-state index is 12.9. The molecule has 3 nitrogen and oxygen atoms in total. The summed E-state index contributed by atoms with van der Waals surface area (Å²) >= 11 is 6.19. The molecule has 0 aliphatic rings. The second-order valence-corrected chi connectivity index (χ2v) is 5.00. The van der Waals surface area contributed by atoms with Crippen molar-refractivity contribution in [1.29, 1.82) is 0 Å². The lowest BCUT2D eigenvalue weighted by molar-refractivity contribution is 0.546. The van der Waals surface area contributed by atoms with Crippen LogP contribution in [0, 0.1) is 12.7 Å². The van der Waals surface area contributed by atoms with Crippen molar-refractivity contribution in [3.8, 4) is 0 Å². The fourth-order valence-electron chi connectivity index (χ4n) is 1.99. The Balaban J connectivity index is 2.04. The molecule has 1 aromatic carbocycles. The number of aryl methyl sites for hydroxylation is 2. The van der Waals surface area contributed by atoms with Gasteiger partial charge in [0.15, 0.2) is 0 Å². The SMILES string of the molecule is Cc1nn(C)c(CNC(C)c2ccc(F)cc2)c1Cl. The summed E-state index contributed by atoms with van der Waals surface area (Å²) < 4.78 is 14.6. The minimum atomic E-state index is -0.221. The predicted octanol–water partition coefficient (Wildman–Crippen LogP) is 3.37. The highest BCUT2D eigenvalue weighted by Crippen LogP contribution is 2.20.